The lowest BCUT2D eigenvalue weighted by Gasteiger charge is -2.28. The van der Waals surface area contributed by atoms with Crippen LogP contribution in [0.25, 0.3) is 0 Å². The normalized spacial score (nSPS) is 12.9. The predicted molar refractivity (Wildman–Crippen MR) is 136 cm³/mol. The van der Waals surface area contributed by atoms with Crippen LogP contribution in [0.15, 0.2) is 60.7 Å². The first-order chi connectivity index (χ1) is 14.0. The first-order valence-electron chi connectivity index (χ1n) is 11.1. The van der Waals surface area contributed by atoms with Gasteiger partial charge >= 0.3 is 0 Å². The molecule has 2 aromatic rings. The van der Waals surface area contributed by atoms with E-state index in [2.05, 4.69) is 115 Å². The molecule has 0 saturated heterocycles. The molecule has 0 saturated carbocycles. The maximum Gasteiger partial charge on any atom is 0.0995 e. The van der Waals surface area contributed by atoms with Crippen LogP contribution in [0, 0.1) is 11.3 Å². The van der Waals surface area contributed by atoms with E-state index < -0.39 is 7.26 Å². The van der Waals surface area contributed by atoms with Crippen molar-refractivity contribution >= 4 is 17.9 Å². The van der Waals surface area contributed by atoms with E-state index in [1.807, 2.05) is 0 Å². The smallest absolute Gasteiger partial charge is 0.0995 e. The number of rotatable bonds is 7. The van der Waals surface area contributed by atoms with E-state index in [4.69, 9.17) is 0 Å². The molecule has 0 aliphatic carbocycles. The van der Waals surface area contributed by atoms with Crippen LogP contribution in [0.3, 0.4) is 0 Å². The van der Waals surface area contributed by atoms with Gasteiger partial charge in [-0.2, -0.15) is 5.26 Å². The van der Waals surface area contributed by atoms with Crippen molar-refractivity contribution in [1.29, 1.82) is 5.26 Å². The van der Waals surface area contributed by atoms with E-state index in [1.54, 1.807) is 0 Å². The maximum absolute atomic E-state index is 9.18. The summed E-state index contributed by atoms with van der Waals surface area (Å²) in [5.41, 5.74) is 3.04. The summed E-state index contributed by atoms with van der Waals surface area (Å²) in [6.45, 7) is 15.7. The molecule has 0 spiro atoms. The van der Waals surface area contributed by atoms with Gasteiger partial charge < -0.3 is 0 Å². The van der Waals surface area contributed by atoms with Gasteiger partial charge in [0.05, 0.1) is 36.3 Å². The third kappa shape index (κ3) is 5.83. The summed E-state index contributed by atoms with van der Waals surface area (Å²) in [5.74, 6) is 0. The number of nitrogens with zero attached hydrogens (tertiary/aromatic N) is 1. The highest BCUT2D eigenvalue weighted by Gasteiger charge is 2.41. The van der Waals surface area contributed by atoms with Gasteiger partial charge in [-0.1, -0.05) is 78.0 Å². The van der Waals surface area contributed by atoms with Crippen LogP contribution in [0.1, 0.15) is 72.4 Å². The number of hydrogen-bond acceptors (Lipinski definition) is 1. The summed E-state index contributed by atoms with van der Waals surface area (Å²) in [6.07, 6.45) is 8.20. The summed E-state index contributed by atoms with van der Waals surface area (Å²) in [7, 11) is -1.63. The molecule has 2 rings (SSSR count). The van der Waals surface area contributed by atoms with Crippen LogP contribution >= 0.6 is 7.26 Å². The first kappa shape index (κ1) is 24.4. The Morgan fingerprint density at radius 3 is 1.57 bits per heavy atom. The minimum Gasteiger partial charge on any atom is -0.198 e. The Bertz CT molecular complexity index is 811. The lowest BCUT2D eigenvalue weighted by Crippen LogP contribution is -2.28. The second kappa shape index (κ2) is 9.94. The fourth-order valence-electron chi connectivity index (χ4n) is 3.92. The number of nitriles is 1. The Hall–Kier alpha value is -1.90. The van der Waals surface area contributed by atoms with Crippen molar-refractivity contribution in [1.82, 2.24) is 0 Å². The molecule has 2 aromatic carbocycles. The molecule has 0 radical (unpaired) electrons. The third-order valence-corrected chi connectivity index (χ3v) is 10.4. The zero-order valence-electron chi connectivity index (χ0n) is 20.0. The zero-order chi connectivity index (χ0) is 22.4. The van der Waals surface area contributed by atoms with E-state index in [0.717, 1.165) is 18.7 Å². The highest BCUT2D eigenvalue weighted by Crippen LogP contribution is 2.57. The second-order valence-corrected chi connectivity index (χ2v) is 14.1. The number of allylic oxidation sites excluding steroid dienone is 2. The molecule has 0 fully saturated rings. The molecule has 0 bridgehead atoms. The van der Waals surface area contributed by atoms with Crippen molar-refractivity contribution in [3.05, 3.63) is 71.8 Å². The molecule has 0 aliphatic rings. The van der Waals surface area contributed by atoms with E-state index in [9.17, 15) is 5.26 Å². The summed E-state index contributed by atoms with van der Waals surface area (Å²) >= 11 is 0. The van der Waals surface area contributed by atoms with Gasteiger partial charge in [0, 0.05) is 6.42 Å². The van der Waals surface area contributed by atoms with Gasteiger partial charge in [-0.15, -0.1) is 0 Å². The summed E-state index contributed by atoms with van der Waals surface area (Å²) in [4.78, 5) is 0. The fourth-order valence-corrected chi connectivity index (χ4v) is 8.04. The van der Waals surface area contributed by atoms with Crippen molar-refractivity contribution < 1.29 is 0 Å². The second-order valence-electron chi connectivity index (χ2n) is 10.3. The first-order valence-corrected chi connectivity index (χ1v) is 13.3. The Labute approximate surface area is 185 Å². The molecule has 0 unspecified atom stereocenters. The quantitative estimate of drug-likeness (QED) is 0.265. The van der Waals surface area contributed by atoms with Gasteiger partial charge in [-0.25, -0.2) is 0 Å². The van der Waals surface area contributed by atoms with Crippen LogP contribution in [0.5, 0.6) is 0 Å². The largest absolute Gasteiger partial charge is 0.198 e. The molecular formula is C28H39NP+. The fraction of sp³-hybridized carbons (Fsp3) is 0.464. The average Bonchev–Trinajstić information content (AvgIpc) is 2.70. The lowest BCUT2D eigenvalue weighted by atomic mass is 9.87. The van der Waals surface area contributed by atoms with Crippen LogP contribution in [0.2, 0.25) is 0 Å². The molecule has 160 valence electrons. The number of benzene rings is 2. The summed E-state index contributed by atoms with van der Waals surface area (Å²) in [6, 6.07) is 21.1. The van der Waals surface area contributed by atoms with Crippen molar-refractivity contribution in [2.75, 3.05) is 12.3 Å². The van der Waals surface area contributed by atoms with Crippen LogP contribution in [0.4, 0.5) is 0 Å². The zero-order valence-corrected chi connectivity index (χ0v) is 20.9. The highest BCUT2D eigenvalue weighted by molar-refractivity contribution is 7.89. The van der Waals surface area contributed by atoms with Crippen LogP contribution < -0.4 is 10.6 Å². The van der Waals surface area contributed by atoms with Crippen molar-refractivity contribution in [3.8, 4) is 6.07 Å². The van der Waals surface area contributed by atoms with Crippen LogP contribution in [-0.2, 0) is 10.8 Å². The molecule has 0 amide bonds. The maximum atomic E-state index is 9.18. The van der Waals surface area contributed by atoms with Crippen molar-refractivity contribution in [2.24, 2.45) is 0 Å². The molecule has 30 heavy (non-hydrogen) atoms. The molecule has 0 heterocycles. The molecule has 0 N–H and O–H groups in total. The molecule has 0 aliphatic heterocycles. The minimum atomic E-state index is -1.63. The Morgan fingerprint density at radius 1 is 0.800 bits per heavy atom. The molecule has 0 aromatic heterocycles. The Morgan fingerprint density at radius 2 is 1.23 bits per heavy atom. The SMILES string of the molecule is CC=CC[P+](CCCC#N)(c1ccc(C(C)(C)C)cc1)c1ccc(C(C)(C)C)cc1. The molecule has 2 heteroatoms. The molecule has 1 nitrogen and oxygen atoms in total. The number of unbranched alkanes of at least 4 members (excludes halogenated alkanes) is 1. The monoisotopic (exact) mass is 420 g/mol. The molecular weight excluding hydrogens is 381 g/mol. The van der Waals surface area contributed by atoms with E-state index >= 15 is 0 Å². The topological polar surface area (TPSA) is 23.8 Å². The van der Waals surface area contributed by atoms with Crippen LogP contribution in [-0.4, -0.2) is 12.3 Å². The predicted octanol–water partition coefficient (Wildman–Crippen LogP) is 7.13. The Kier molecular flexibility index (Phi) is 8.07. The van der Waals surface area contributed by atoms with E-state index in [0.29, 0.717) is 6.42 Å². The van der Waals surface area contributed by atoms with Gasteiger partial charge in [0.15, 0.2) is 0 Å². The number of hydrogen-bond donors (Lipinski definition) is 0. The van der Waals surface area contributed by atoms with Crippen molar-refractivity contribution in [3.63, 3.8) is 0 Å². The van der Waals surface area contributed by atoms with Gasteiger partial charge in [0.1, 0.15) is 0 Å². The third-order valence-electron chi connectivity index (χ3n) is 5.94. The summed E-state index contributed by atoms with van der Waals surface area (Å²) < 4.78 is 0. The lowest BCUT2D eigenvalue weighted by molar-refractivity contribution is 0.590. The van der Waals surface area contributed by atoms with E-state index in [1.165, 1.54) is 21.7 Å². The van der Waals surface area contributed by atoms with Gasteiger partial charge in [0.2, 0.25) is 0 Å². The minimum absolute atomic E-state index is 0.151. The Balaban J connectivity index is 2.61. The van der Waals surface area contributed by atoms with Gasteiger partial charge in [-0.3, -0.25) is 0 Å². The van der Waals surface area contributed by atoms with Gasteiger partial charge in [0.25, 0.3) is 0 Å². The average molecular weight is 421 g/mol. The van der Waals surface area contributed by atoms with E-state index in [-0.39, 0.29) is 10.8 Å². The van der Waals surface area contributed by atoms with Gasteiger partial charge in [-0.05, 0) is 59.6 Å². The molecule has 0 atom stereocenters. The summed E-state index contributed by atoms with van der Waals surface area (Å²) in [5, 5.41) is 12.1. The van der Waals surface area contributed by atoms with Crippen molar-refractivity contribution in [2.45, 2.75) is 72.1 Å². The standard InChI is InChI=1S/C28H39NP/c1-8-9-21-30(22-11-10-20-29,25-16-12-23(13-17-25)27(2,3)4)26-18-14-24(15-19-26)28(5,6)7/h8-9,12-19H,10-11,21-22H2,1-7H3/q+1. The highest BCUT2D eigenvalue weighted by atomic mass is 31.2.